The number of oxime groups is 1. The van der Waals surface area contributed by atoms with Crippen molar-refractivity contribution in [1.29, 1.82) is 0 Å². The summed E-state index contributed by atoms with van der Waals surface area (Å²) in [5.74, 6) is 0.880. The van der Waals surface area contributed by atoms with E-state index >= 15 is 0 Å². The molecule has 1 aromatic rings. The number of nitrogens with one attached hydrogen (secondary N) is 1. The van der Waals surface area contributed by atoms with Crippen LogP contribution < -0.4 is 11.1 Å². The molecule has 2 atom stereocenters. The van der Waals surface area contributed by atoms with Gasteiger partial charge in [0.25, 0.3) is 0 Å². The van der Waals surface area contributed by atoms with Gasteiger partial charge in [-0.1, -0.05) is 18.5 Å². The van der Waals surface area contributed by atoms with Crippen LogP contribution in [0, 0.1) is 5.92 Å². The third-order valence-corrected chi connectivity index (χ3v) is 3.21. The van der Waals surface area contributed by atoms with E-state index in [1.165, 1.54) is 12.8 Å². The molecule has 2 rings (SSSR count). The predicted molar refractivity (Wildman–Crippen MR) is 65.8 cm³/mol. The lowest BCUT2D eigenvalue weighted by atomic mass is 10.2. The lowest BCUT2D eigenvalue weighted by molar-refractivity contribution is 0.318. The maximum Gasteiger partial charge on any atom is 0.188 e. The number of hydrogen-bond donors (Lipinski definition) is 3. The maximum absolute atomic E-state index is 8.58. The van der Waals surface area contributed by atoms with Gasteiger partial charge >= 0.3 is 0 Å². The molecular weight excluding hydrogens is 216 g/mol. The Kier molecular flexibility index (Phi) is 3.58. The van der Waals surface area contributed by atoms with E-state index in [1.54, 1.807) is 6.20 Å². The molecular formula is C12H18N4O. The van der Waals surface area contributed by atoms with Crippen LogP contribution in [0.25, 0.3) is 0 Å². The smallest absolute Gasteiger partial charge is 0.188 e. The molecule has 1 aliphatic carbocycles. The molecule has 5 heteroatoms. The van der Waals surface area contributed by atoms with Crippen LogP contribution in [0.2, 0.25) is 0 Å². The molecule has 1 aromatic heterocycles. The van der Waals surface area contributed by atoms with Crippen molar-refractivity contribution in [3.63, 3.8) is 0 Å². The SMILES string of the molecule is CCC1CC1NCc1ccnc(/C(N)=N/O)c1. The molecule has 17 heavy (non-hydrogen) atoms. The predicted octanol–water partition coefficient (Wildman–Crippen LogP) is 1.06. The Morgan fingerprint density at radius 2 is 2.53 bits per heavy atom. The monoisotopic (exact) mass is 234 g/mol. The second-order valence-corrected chi connectivity index (χ2v) is 4.43. The van der Waals surface area contributed by atoms with Gasteiger partial charge in [-0.3, -0.25) is 4.98 Å². The first-order valence-electron chi connectivity index (χ1n) is 5.90. The van der Waals surface area contributed by atoms with Crippen LogP contribution in [0.3, 0.4) is 0 Å². The highest BCUT2D eigenvalue weighted by Crippen LogP contribution is 2.33. The molecule has 0 spiro atoms. The maximum atomic E-state index is 8.58. The first-order valence-corrected chi connectivity index (χ1v) is 5.90. The number of nitrogens with zero attached hydrogens (tertiary/aromatic N) is 2. The van der Waals surface area contributed by atoms with Crippen LogP contribution in [-0.4, -0.2) is 22.1 Å². The molecule has 0 saturated heterocycles. The standard InChI is InChI=1S/C12H18N4O/c1-2-9-6-10(9)15-7-8-3-4-14-11(5-8)12(13)16-17/h3-5,9-10,15,17H,2,6-7H2,1H3,(H2,13,16). The van der Waals surface area contributed by atoms with Crippen LogP contribution >= 0.6 is 0 Å². The van der Waals surface area contributed by atoms with Crippen molar-refractivity contribution in [1.82, 2.24) is 10.3 Å². The van der Waals surface area contributed by atoms with Gasteiger partial charge in [-0.2, -0.15) is 0 Å². The largest absolute Gasteiger partial charge is 0.409 e. The highest BCUT2D eigenvalue weighted by Gasteiger charge is 2.34. The molecule has 1 fully saturated rings. The fraction of sp³-hybridized carbons (Fsp3) is 0.500. The summed E-state index contributed by atoms with van der Waals surface area (Å²) in [6.07, 6.45) is 4.19. The Morgan fingerprint density at radius 3 is 3.18 bits per heavy atom. The summed E-state index contributed by atoms with van der Waals surface area (Å²) >= 11 is 0. The lowest BCUT2D eigenvalue weighted by Gasteiger charge is -2.05. The second kappa shape index (κ2) is 5.14. The summed E-state index contributed by atoms with van der Waals surface area (Å²) in [6, 6.07) is 4.43. The number of aromatic nitrogens is 1. The summed E-state index contributed by atoms with van der Waals surface area (Å²) in [5.41, 5.74) is 7.10. The molecule has 1 heterocycles. The zero-order valence-corrected chi connectivity index (χ0v) is 9.93. The van der Waals surface area contributed by atoms with Crippen LogP contribution in [0.1, 0.15) is 31.0 Å². The third kappa shape index (κ3) is 2.94. The Balaban J connectivity index is 1.93. The average Bonchev–Trinajstić information content (AvgIpc) is 3.14. The highest BCUT2D eigenvalue weighted by atomic mass is 16.4. The van der Waals surface area contributed by atoms with Crippen molar-refractivity contribution in [3.05, 3.63) is 29.6 Å². The van der Waals surface area contributed by atoms with Crippen molar-refractivity contribution < 1.29 is 5.21 Å². The summed E-state index contributed by atoms with van der Waals surface area (Å²) < 4.78 is 0. The molecule has 0 bridgehead atoms. The van der Waals surface area contributed by atoms with Crippen molar-refractivity contribution in [2.45, 2.75) is 32.4 Å². The first-order chi connectivity index (χ1) is 8.24. The van der Waals surface area contributed by atoms with Crippen LogP contribution in [0.4, 0.5) is 0 Å². The fourth-order valence-corrected chi connectivity index (χ4v) is 1.97. The van der Waals surface area contributed by atoms with Crippen molar-refractivity contribution in [2.24, 2.45) is 16.8 Å². The zero-order valence-electron chi connectivity index (χ0n) is 9.93. The number of amidine groups is 1. The summed E-state index contributed by atoms with van der Waals surface area (Å²) in [7, 11) is 0. The van der Waals surface area contributed by atoms with E-state index < -0.39 is 0 Å². The van der Waals surface area contributed by atoms with Crippen molar-refractivity contribution >= 4 is 5.84 Å². The van der Waals surface area contributed by atoms with Gasteiger partial charge in [0.2, 0.25) is 0 Å². The zero-order chi connectivity index (χ0) is 12.3. The lowest BCUT2D eigenvalue weighted by Crippen LogP contribution is -2.19. The van der Waals surface area contributed by atoms with E-state index in [9.17, 15) is 0 Å². The van der Waals surface area contributed by atoms with Crippen LogP contribution in [0.15, 0.2) is 23.5 Å². The normalized spacial score (nSPS) is 23.7. The van der Waals surface area contributed by atoms with E-state index in [-0.39, 0.29) is 5.84 Å². The molecule has 1 aliphatic rings. The minimum atomic E-state index is 0.0460. The number of hydrogen-bond acceptors (Lipinski definition) is 4. The minimum Gasteiger partial charge on any atom is -0.409 e. The molecule has 0 radical (unpaired) electrons. The van der Waals surface area contributed by atoms with Crippen molar-refractivity contribution in [2.75, 3.05) is 0 Å². The van der Waals surface area contributed by atoms with E-state index in [1.807, 2.05) is 12.1 Å². The third-order valence-electron chi connectivity index (χ3n) is 3.21. The molecule has 4 N–H and O–H groups in total. The molecule has 5 nitrogen and oxygen atoms in total. The minimum absolute atomic E-state index is 0.0460. The van der Waals surface area contributed by atoms with Crippen LogP contribution in [-0.2, 0) is 6.54 Å². The molecule has 0 amide bonds. The van der Waals surface area contributed by atoms with Gasteiger partial charge < -0.3 is 16.3 Å². The van der Waals surface area contributed by atoms with Gasteiger partial charge in [0.1, 0.15) is 5.69 Å². The first kappa shape index (κ1) is 11.9. The number of pyridine rings is 1. The summed E-state index contributed by atoms with van der Waals surface area (Å²) in [5, 5.41) is 15.0. The molecule has 0 aliphatic heterocycles. The summed E-state index contributed by atoms with van der Waals surface area (Å²) in [6.45, 7) is 3.02. The quantitative estimate of drug-likeness (QED) is 0.308. The second-order valence-electron chi connectivity index (χ2n) is 4.43. The van der Waals surface area contributed by atoms with Crippen LogP contribution in [0.5, 0.6) is 0 Å². The highest BCUT2D eigenvalue weighted by molar-refractivity contribution is 5.95. The van der Waals surface area contributed by atoms with E-state index in [0.717, 1.165) is 18.0 Å². The van der Waals surface area contributed by atoms with E-state index in [2.05, 4.69) is 22.4 Å². The topological polar surface area (TPSA) is 83.5 Å². The van der Waals surface area contributed by atoms with Crippen molar-refractivity contribution in [3.8, 4) is 0 Å². The van der Waals surface area contributed by atoms with E-state index in [4.69, 9.17) is 10.9 Å². The fourth-order valence-electron chi connectivity index (χ4n) is 1.97. The molecule has 2 unspecified atom stereocenters. The molecule has 92 valence electrons. The van der Waals surface area contributed by atoms with Gasteiger partial charge in [0, 0.05) is 18.8 Å². The van der Waals surface area contributed by atoms with Gasteiger partial charge in [0.15, 0.2) is 5.84 Å². The Hall–Kier alpha value is -1.62. The van der Waals surface area contributed by atoms with Gasteiger partial charge in [-0.05, 0) is 30.0 Å². The number of nitrogens with two attached hydrogens (primary N) is 1. The Morgan fingerprint density at radius 1 is 1.71 bits per heavy atom. The Labute approximate surface area is 101 Å². The number of rotatable bonds is 5. The van der Waals surface area contributed by atoms with E-state index in [0.29, 0.717) is 11.7 Å². The van der Waals surface area contributed by atoms with Gasteiger partial charge in [-0.15, -0.1) is 0 Å². The average molecular weight is 234 g/mol. The summed E-state index contributed by atoms with van der Waals surface area (Å²) in [4.78, 5) is 4.04. The molecule has 1 saturated carbocycles. The van der Waals surface area contributed by atoms with Gasteiger partial charge in [0.05, 0.1) is 0 Å². The molecule has 0 aromatic carbocycles. The van der Waals surface area contributed by atoms with Gasteiger partial charge in [-0.25, -0.2) is 0 Å². The Bertz CT molecular complexity index is 419.